The van der Waals surface area contributed by atoms with Gasteiger partial charge in [-0.05, 0) is 33.1 Å². The van der Waals surface area contributed by atoms with E-state index in [1.807, 2.05) is 53.4 Å². The SMILES string of the molecule is CC1(C)CN(C(=O)C(N)C(C)(C)C)CC(C)(C)O1. The van der Waals surface area contributed by atoms with Gasteiger partial charge in [0.2, 0.25) is 5.91 Å². The van der Waals surface area contributed by atoms with Crippen molar-refractivity contribution in [3.05, 3.63) is 0 Å². The van der Waals surface area contributed by atoms with Crippen LogP contribution in [0.1, 0.15) is 48.5 Å². The zero-order chi connectivity index (χ0) is 14.4. The number of morpholine rings is 1. The van der Waals surface area contributed by atoms with Crippen molar-refractivity contribution >= 4 is 5.91 Å². The number of carbonyl (C=O) groups is 1. The van der Waals surface area contributed by atoms with Gasteiger partial charge in [0, 0.05) is 13.1 Å². The van der Waals surface area contributed by atoms with E-state index >= 15 is 0 Å². The molecule has 0 aromatic rings. The van der Waals surface area contributed by atoms with Crippen LogP contribution in [0.15, 0.2) is 0 Å². The van der Waals surface area contributed by atoms with Crippen LogP contribution in [0, 0.1) is 5.41 Å². The summed E-state index contributed by atoms with van der Waals surface area (Å²) in [5.41, 5.74) is 5.20. The Morgan fingerprint density at radius 1 is 1.17 bits per heavy atom. The predicted octanol–water partition coefficient (Wildman–Crippen LogP) is 1.78. The van der Waals surface area contributed by atoms with Crippen LogP contribution in [0.25, 0.3) is 0 Å². The Morgan fingerprint density at radius 2 is 1.56 bits per heavy atom. The molecule has 0 saturated carbocycles. The van der Waals surface area contributed by atoms with E-state index in [1.165, 1.54) is 0 Å². The maximum Gasteiger partial charge on any atom is 0.240 e. The lowest BCUT2D eigenvalue weighted by Crippen LogP contribution is -2.62. The first-order valence-electron chi connectivity index (χ1n) is 6.59. The highest BCUT2D eigenvalue weighted by Crippen LogP contribution is 2.29. The maximum atomic E-state index is 12.5. The molecule has 18 heavy (non-hydrogen) atoms. The van der Waals surface area contributed by atoms with Gasteiger partial charge in [-0.15, -0.1) is 0 Å². The number of hydrogen-bond donors (Lipinski definition) is 1. The lowest BCUT2D eigenvalue weighted by molar-refractivity contribution is -0.189. The molecule has 1 fully saturated rings. The molecule has 1 unspecified atom stereocenters. The number of amides is 1. The van der Waals surface area contributed by atoms with Gasteiger partial charge in [0.05, 0.1) is 17.2 Å². The first-order valence-corrected chi connectivity index (χ1v) is 6.59. The number of rotatable bonds is 1. The summed E-state index contributed by atoms with van der Waals surface area (Å²) < 4.78 is 5.97. The fourth-order valence-corrected chi connectivity index (χ4v) is 2.51. The summed E-state index contributed by atoms with van der Waals surface area (Å²) in [5.74, 6) is 0.0203. The number of hydrogen-bond acceptors (Lipinski definition) is 3. The molecule has 1 atom stereocenters. The minimum atomic E-state index is -0.470. The van der Waals surface area contributed by atoms with Crippen LogP contribution in [-0.4, -0.2) is 41.1 Å². The summed E-state index contributed by atoms with van der Waals surface area (Å²) in [7, 11) is 0. The van der Waals surface area contributed by atoms with Gasteiger partial charge in [-0.1, -0.05) is 20.8 Å². The number of ether oxygens (including phenoxy) is 1. The number of nitrogens with zero attached hydrogens (tertiary/aromatic N) is 1. The van der Waals surface area contributed by atoms with E-state index in [0.717, 1.165) is 0 Å². The van der Waals surface area contributed by atoms with Crippen LogP contribution < -0.4 is 5.73 Å². The third-order valence-corrected chi connectivity index (χ3v) is 3.21. The molecule has 0 aromatic heterocycles. The molecular formula is C14H28N2O2. The largest absolute Gasteiger partial charge is 0.366 e. The summed E-state index contributed by atoms with van der Waals surface area (Å²) in [6.45, 7) is 15.2. The van der Waals surface area contributed by atoms with Gasteiger partial charge in [0.25, 0.3) is 0 Å². The number of nitrogens with two attached hydrogens (primary N) is 1. The number of carbonyl (C=O) groups excluding carboxylic acids is 1. The highest BCUT2D eigenvalue weighted by molar-refractivity contribution is 5.82. The molecule has 4 heteroatoms. The highest BCUT2D eigenvalue weighted by Gasteiger charge is 2.42. The molecule has 4 nitrogen and oxygen atoms in total. The molecule has 1 heterocycles. The zero-order valence-corrected chi connectivity index (χ0v) is 12.8. The second-order valence-electron chi connectivity index (χ2n) is 7.66. The van der Waals surface area contributed by atoms with Crippen molar-refractivity contribution in [3.63, 3.8) is 0 Å². The van der Waals surface area contributed by atoms with Crippen molar-refractivity contribution in [3.8, 4) is 0 Å². The molecule has 1 aliphatic heterocycles. The van der Waals surface area contributed by atoms with Crippen molar-refractivity contribution in [2.24, 2.45) is 11.1 Å². The Labute approximate surface area is 111 Å². The molecule has 0 radical (unpaired) electrons. The van der Waals surface area contributed by atoms with Crippen LogP contribution in [0.4, 0.5) is 0 Å². The Balaban J connectivity index is 2.87. The topological polar surface area (TPSA) is 55.6 Å². The van der Waals surface area contributed by atoms with Gasteiger partial charge in [-0.3, -0.25) is 4.79 Å². The smallest absolute Gasteiger partial charge is 0.240 e. The monoisotopic (exact) mass is 256 g/mol. The van der Waals surface area contributed by atoms with Crippen molar-refractivity contribution in [2.75, 3.05) is 13.1 Å². The molecule has 106 valence electrons. The van der Waals surface area contributed by atoms with E-state index in [0.29, 0.717) is 13.1 Å². The molecule has 1 amide bonds. The molecule has 0 aromatic carbocycles. The van der Waals surface area contributed by atoms with E-state index in [9.17, 15) is 4.79 Å². The highest BCUT2D eigenvalue weighted by atomic mass is 16.5. The second-order valence-corrected chi connectivity index (χ2v) is 7.66. The van der Waals surface area contributed by atoms with Gasteiger partial charge in [-0.2, -0.15) is 0 Å². The van der Waals surface area contributed by atoms with Crippen molar-refractivity contribution in [1.29, 1.82) is 0 Å². The Morgan fingerprint density at radius 3 is 1.89 bits per heavy atom. The fraction of sp³-hybridized carbons (Fsp3) is 0.929. The summed E-state index contributed by atoms with van der Waals surface area (Å²) in [6, 6.07) is -0.470. The summed E-state index contributed by atoms with van der Waals surface area (Å²) in [4.78, 5) is 14.3. The first-order chi connectivity index (χ1) is 7.84. The third-order valence-electron chi connectivity index (χ3n) is 3.21. The third kappa shape index (κ3) is 3.69. The quantitative estimate of drug-likeness (QED) is 0.778. The molecule has 1 rings (SSSR count). The average molecular weight is 256 g/mol. The Hall–Kier alpha value is -0.610. The molecule has 2 N–H and O–H groups in total. The van der Waals surface area contributed by atoms with Crippen LogP contribution in [0.3, 0.4) is 0 Å². The average Bonchev–Trinajstić information content (AvgIpc) is 2.08. The van der Waals surface area contributed by atoms with Gasteiger partial charge < -0.3 is 15.4 Å². The summed E-state index contributed by atoms with van der Waals surface area (Å²) in [6.07, 6.45) is 0. The second kappa shape index (κ2) is 4.49. The fourth-order valence-electron chi connectivity index (χ4n) is 2.51. The predicted molar refractivity (Wildman–Crippen MR) is 73.3 cm³/mol. The lowest BCUT2D eigenvalue weighted by Gasteiger charge is -2.48. The molecular weight excluding hydrogens is 228 g/mol. The van der Waals surface area contributed by atoms with Crippen LogP contribution in [-0.2, 0) is 9.53 Å². The minimum Gasteiger partial charge on any atom is -0.366 e. The van der Waals surface area contributed by atoms with Gasteiger partial charge in [-0.25, -0.2) is 0 Å². The van der Waals surface area contributed by atoms with E-state index in [1.54, 1.807) is 0 Å². The standard InChI is InChI=1S/C14H28N2O2/c1-12(2,3)10(15)11(17)16-8-13(4,5)18-14(6,7)9-16/h10H,8-9,15H2,1-7H3. The van der Waals surface area contributed by atoms with Crippen LogP contribution >= 0.6 is 0 Å². The van der Waals surface area contributed by atoms with Crippen molar-refractivity contribution in [1.82, 2.24) is 4.90 Å². The van der Waals surface area contributed by atoms with E-state index in [-0.39, 0.29) is 22.5 Å². The van der Waals surface area contributed by atoms with Gasteiger partial charge in [0.1, 0.15) is 0 Å². The Kier molecular flexibility index (Phi) is 3.86. The van der Waals surface area contributed by atoms with Crippen molar-refractivity contribution < 1.29 is 9.53 Å². The Bertz CT molecular complexity index is 313. The lowest BCUT2D eigenvalue weighted by atomic mass is 9.85. The molecule has 0 bridgehead atoms. The molecule has 0 spiro atoms. The zero-order valence-electron chi connectivity index (χ0n) is 12.8. The molecule has 0 aliphatic carbocycles. The first kappa shape index (κ1) is 15.4. The van der Waals surface area contributed by atoms with Gasteiger partial charge in [0.15, 0.2) is 0 Å². The normalized spacial score (nSPS) is 24.8. The summed E-state index contributed by atoms with van der Waals surface area (Å²) in [5, 5.41) is 0. The van der Waals surface area contributed by atoms with E-state index in [2.05, 4.69) is 0 Å². The minimum absolute atomic E-state index is 0.0203. The molecule has 1 saturated heterocycles. The van der Waals surface area contributed by atoms with Gasteiger partial charge >= 0.3 is 0 Å². The van der Waals surface area contributed by atoms with Crippen molar-refractivity contribution in [2.45, 2.75) is 65.7 Å². The van der Waals surface area contributed by atoms with E-state index in [4.69, 9.17) is 10.5 Å². The maximum absolute atomic E-state index is 12.5. The van der Waals surface area contributed by atoms with Crippen LogP contribution in [0.2, 0.25) is 0 Å². The summed E-state index contributed by atoms with van der Waals surface area (Å²) >= 11 is 0. The van der Waals surface area contributed by atoms with E-state index < -0.39 is 6.04 Å². The molecule has 1 aliphatic rings. The van der Waals surface area contributed by atoms with Crippen LogP contribution in [0.5, 0.6) is 0 Å².